The van der Waals surface area contributed by atoms with Crippen molar-refractivity contribution >= 4 is 31.6 Å². The number of hydrogen-bond donors (Lipinski definition) is 1. The Morgan fingerprint density at radius 1 is 1.43 bits per heavy atom. The van der Waals surface area contributed by atoms with Crippen LogP contribution in [-0.2, 0) is 26.4 Å². The number of rotatable bonds is 5. The van der Waals surface area contributed by atoms with Crippen molar-refractivity contribution in [3.63, 3.8) is 0 Å². The van der Waals surface area contributed by atoms with Crippen molar-refractivity contribution in [3.05, 3.63) is 12.4 Å². The molecule has 1 atom stereocenters. The third kappa shape index (κ3) is 3.59. The summed E-state index contributed by atoms with van der Waals surface area (Å²) in [6.45, 7) is 0.171. The van der Waals surface area contributed by atoms with Crippen LogP contribution in [0.1, 0.15) is 0 Å². The highest BCUT2D eigenvalue weighted by Crippen LogP contribution is 2.26. The molecule has 0 radical (unpaired) electrons. The number of nitrogens with zero attached hydrogens (tertiary/aromatic N) is 3. The minimum absolute atomic E-state index is 0.0588. The number of aliphatic hydroxyl groups excluding tert-OH is 1. The van der Waals surface area contributed by atoms with Crippen LogP contribution in [0.3, 0.4) is 0 Å². The van der Waals surface area contributed by atoms with Gasteiger partial charge >= 0.3 is 0 Å². The third-order valence-corrected chi connectivity index (χ3v) is 7.71. The first-order valence-electron chi connectivity index (χ1n) is 6.18. The van der Waals surface area contributed by atoms with Crippen molar-refractivity contribution in [1.29, 1.82) is 0 Å². The van der Waals surface area contributed by atoms with Crippen LogP contribution in [0.2, 0.25) is 0 Å². The lowest BCUT2D eigenvalue weighted by Gasteiger charge is -2.32. The largest absolute Gasteiger partial charge is 0.394 e. The average Bonchev–Trinajstić information content (AvgIpc) is 2.87. The lowest BCUT2D eigenvalue weighted by molar-refractivity contribution is 0.269. The molecular weight excluding hydrogens is 338 g/mol. The Balaban J connectivity index is 2.36. The molecule has 1 aliphatic rings. The maximum Gasteiger partial charge on any atom is 0.247 e. The van der Waals surface area contributed by atoms with Gasteiger partial charge in [-0.15, -0.1) is 0 Å². The predicted octanol–water partition coefficient (Wildman–Crippen LogP) is -1.02. The van der Waals surface area contributed by atoms with E-state index in [1.165, 1.54) is 28.8 Å². The van der Waals surface area contributed by atoms with Crippen molar-refractivity contribution in [1.82, 2.24) is 14.1 Å². The van der Waals surface area contributed by atoms with Crippen molar-refractivity contribution in [2.24, 2.45) is 0 Å². The first kappa shape index (κ1) is 16.7. The molecule has 0 aliphatic carbocycles. The first-order chi connectivity index (χ1) is 9.76. The SMILES string of the molecule is CS(=O)(=O)C1CSCCN1S(=O)(=O)c1cnn(CCO)c1. The van der Waals surface area contributed by atoms with E-state index in [2.05, 4.69) is 5.10 Å². The van der Waals surface area contributed by atoms with Gasteiger partial charge in [0.15, 0.2) is 9.84 Å². The van der Waals surface area contributed by atoms with E-state index in [0.29, 0.717) is 5.75 Å². The van der Waals surface area contributed by atoms with E-state index in [1.807, 2.05) is 0 Å². The second kappa shape index (κ2) is 6.24. The van der Waals surface area contributed by atoms with Gasteiger partial charge in [0.25, 0.3) is 0 Å². The number of aromatic nitrogens is 2. The zero-order chi connectivity index (χ0) is 15.7. The van der Waals surface area contributed by atoms with Crippen molar-refractivity contribution in [2.75, 3.05) is 30.9 Å². The maximum absolute atomic E-state index is 12.6. The zero-order valence-corrected chi connectivity index (χ0v) is 13.9. The highest BCUT2D eigenvalue weighted by molar-refractivity contribution is 8.01. The predicted molar refractivity (Wildman–Crippen MR) is 79.2 cm³/mol. The van der Waals surface area contributed by atoms with Gasteiger partial charge in [-0.2, -0.15) is 21.2 Å². The topological polar surface area (TPSA) is 110 Å². The molecule has 11 heteroatoms. The molecule has 120 valence electrons. The van der Waals surface area contributed by atoms with E-state index >= 15 is 0 Å². The van der Waals surface area contributed by atoms with Gasteiger partial charge in [0.2, 0.25) is 10.0 Å². The van der Waals surface area contributed by atoms with Crippen molar-refractivity contribution < 1.29 is 21.9 Å². The summed E-state index contributed by atoms with van der Waals surface area (Å²) in [6.07, 6.45) is 3.51. The second-order valence-electron chi connectivity index (χ2n) is 4.64. The van der Waals surface area contributed by atoms with Crippen LogP contribution in [0, 0.1) is 0 Å². The number of aliphatic hydroxyl groups is 1. The molecule has 0 spiro atoms. The molecule has 2 rings (SSSR count). The van der Waals surface area contributed by atoms with Crippen LogP contribution in [0.25, 0.3) is 0 Å². The van der Waals surface area contributed by atoms with E-state index < -0.39 is 25.2 Å². The summed E-state index contributed by atoms with van der Waals surface area (Å²) in [5.74, 6) is 0.777. The normalized spacial score (nSPS) is 21.5. The first-order valence-corrected chi connectivity index (χ1v) is 10.7. The fourth-order valence-corrected chi connectivity index (χ4v) is 7.14. The van der Waals surface area contributed by atoms with E-state index in [9.17, 15) is 16.8 Å². The molecule has 0 saturated carbocycles. The summed E-state index contributed by atoms with van der Waals surface area (Å²) < 4.78 is 51.1. The van der Waals surface area contributed by atoms with Crippen molar-refractivity contribution in [3.8, 4) is 0 Å². The van der Waals surface area contributed by atoms with Crippen LogP contribution < -0.4 is 0 Å². The fraction of sp³-hybridized carbons (Fsp3) is 0.700. The van der Waals surface area contributed by atoms with Gasteiger partial charge in [0, 0.05) is 30.5 Å². The Kier molecular flexibility index (Phi) is 4.98. The number of thioether (sulfide) groups is 1. The Hall–Kier alpha value is -0.620. The molecule has 0 amide bonds. The quantitative estimate of drug-likeness (QED) is 0.720. The summed E-state index contributed by atoms with van der Waals surface area (Å²) in [6, 6.07) is 0. The van der Waals surface area contributed by atoms with E-state index in [1.54, 1.807) is 0 Å². The molecule has 1 fully saturated rings. The van der Waals surface area contributed by atoms with Crippen LogP contribution in [0.4, 0.5) is 0 Å². The highest BCUT2D eigenvalue weighted by atomic mass is 32.2. The zero-order valence-electron chi connectivity index (χ0n) is 11.4. The molecule has 8 nitrogen and oxygen atoms in total. The van der Waals surface area contributed by atoms with Gasteiger partial charge in [-0.05, 0) is 0 Å². The molecule has 1 aromatic rings. The summed E-state index contributed by atoms with van der Waals surface area (Å²) >= 11 is 1.42. The van der Waals surface area contributed by atoms with E-state index in [0.717, 1.165) is 10.6 Å². The van der Waals surface area contributed by atoms with Gasteiger partial charge in [0.1, 0.15) is 10.3 Å². The van der Waals surface area contributed by atoms with Crippen LogP contribution in [0.15, 0.2) is 17.3 Å². The summed E-state index contributed by atoms with van der Waals surface area (Å²) in [7, 11) is -7.43. The van der Waals surface area contributed by atoms with Crippen LogP contribution in [0.5, 0.6) is 0 Å². The minimum Gasteiger partial charge on any atom is -0.394 e. The number of sulfonamides is 1. The summed E-state index contributed by atoms with van der Waals surface area (Å²) in [5.41, 5.74) is 0. The standard InChI is InChI=1S/C10H17N3O5S3/c1-20(15,16)10-8-19-5-3-13(10)21(17,18)9-6-11-12(7-9)2-4-14/h6-7,10,14H,2-5,8H2,1H3. The van der Waals surface area contributed by atoms with Crippen LogP contribution >= 0.6 is 11.8 Å². The Morgan fingerprint density at radius 3 is 2.76 bits per heavy atom. The maximum atomic E-state index is 12.6. The monoisotopic (exact) mass is 355 g/mol. The van der Waals surface area contributed by atoms with Gasteiger partial charge in [-0.3, -0.25) is 4.68 Å². The van der Waals surface area contributed by atoms with E-state index in [4.69, 9.17) is 5.11 Å². The molecular formula is C10H17N3O5S3. The lowest BCUT2D eigenvalue weighted by Crippen LogP contribution is -2.49. The molecule has 1 aliphatic heterocycles. The van der Waals surface area contributed by atoms with Gasteiger partial charge < -0.3 is 5.11 Å². The highest BCUT2D eigenvalue weighted by Gasteiger charge is 2.39. The lowest BCUT2D eigenvalue weighted by atomic mass is 10.6. The van der Waals surface area contributed by atoms with Gasteiger partial charge in [0.05, 0.1) is 19.3 Å². The summed E-state index contributed by atoms with van der Waals surface area (Å²) in [5, 5.41) is 11.6. The average molecular weight is 355 g/mol. The Labute approximate surface area is 128 Å². The smallest absolute Gasteiger partial charge is 0.247 e. The molecule has 21 heavy (non-hydrogen) atoms. The Bertz CT molecular complexity index is 697. The second-order valence-corrected chi connectivity index (χ2v) is 9.88. The van der Waals surface area contributed by atoms with Gasteiger partial charge in [-0.25, -0.2) is 16.8 Å². The van der Waals surface area contributed by atoms with Crippen LogP contribution in [-0.4, -0.2) is 72.3 Å². The third-order valence-electron chi connectivity index (χ3n) is 3.08. The summed E-state index contributed by atoms with van der Waals surface area (Å²) in [4.78, 5) is -0.0588. The molecule has 0 bridgehead atoms. The molecule has 1 aromatic heterocycles. The molecule has 0 aromatic carbocycles. The minimum atomic E-state index is -3.92. The number of sulfone groups is 1. The van der Waals surface area contributed by atoms with E-state index in [-0.39, 0.29) is 30.3 Å². The Morgan fingerprint density at radius 2 is 2.14 bits per heavy atom. The molecule has 1 N–H and O–H groups in total. The molecule has 2 heterocycles. The molecule has 1 saturated heterocycles. The fourth-order valence-electron chi connectivity index (χ4n) is 2.02. The number of hydrogen-bond acceptors (Lipinski definition) is 7. The van der Waals surface area contributed by atoms with Crippen molar-refractivity contribution in [2.45, 2.75) is 16.8 Å². The molecule has 1 unspecified atom stereocenters. The van der Waals surface area contributed by atoms with Gasteiger partial charge in [-0.1, -0.05) is 0 Å².